The van der Waals surface area contributed by atoms with Gasteiger partial charge in [-0.05, 0) is 30.4 Å². The summed E-state index contributed by atoms with van der Waals surface area (Å²) in [5.41, 5.74) is 2.72. The molecule has 0 bridgehead atoms. The number of hydrogen-bond donors (Lipinski definition) is 0. The molecule has 1 fully saturated rings. The van der Waals surface area contributed by atoms with Crippen molar-refractivity contribution in [1.82, 2.24) is 9.80 Å². The van der Waals surface area contributed by atoms with E-state index < -0.39 is 0 Å². The molecule has 2 atom stereocenters. The van der Waals surface area contributed by atoms with Crippen molar-refractivity contribution in [2.75, 3.05) is 33.4 Å². The fourth-order valence-electron chi connectivity index (χ4n) is 3.80. The van der Waals surface area contributed by atoms with E-state index >= 15 is 0 Å². The standard InChI is InChI=1S/C18H26N2O2/c1-3-16(20-10-12-22-13-11-20)18(21)19(2)17-9-8-14-6-4-5-7-15(14)17/h4-7,16-17H,3,8-13H2,1-2H3. The molecule has 4 heteroatoms. The zero-order valence-electron chi connectivity index (χ0n) is 13.6. The fraction of sp³-hybridized carbons (Fsp3) is 0.611. The molecule has 120 valence electrons. The molecule has 0 radical (unpaired) electrons. The summed E-state index contributed by atoms with van der Waals surface area (Å²) < 4.78 is 5.41. The van der Waals surface area contributed by atoms with Crippen LogP contribution in [0.3, 0.4) is 0 Å². The second-order valence-electron chi connectivity index (χ2n) is 6.27. The lowest BCUT2D eigenvalue weighted by molar-refractivity contribution is -0.139. The smallest absolute Gasteiger partial charge is 0.240 e. The first-order valence-corrected chi connectivity index (χ1v) is 8.38. The molecule has 0 spiro atoms. The Labute approximate surface area is 133 Å². The first kappa shape index (κ1) is 15.5. The molecule has 1 amide bonds. The highest BCUT2D eigenvalue weighted by atomic mass is 16.5. The lowest BCUT2D eigenvalue weighted by Crippen LogP contribution is -2.51. The third-order valence-corrected chi connectivity index (χ3v) is 5.07. The summed E-state index contributed by atoms with van der Waals surface area (Å²) in [6.45, 7) is 5.30. The molecule has 2 unspecified atom stereocenters. The van der Waals surface area contributed by atoms with Crippen molar-refractivity contribution in [3.63, 3.8) is 0 Å². The van der Waals surface area contributed by atoms with Crippen molar-refractivity contribution >= 4 is 5.91 Å². The number of nitrogens with zero attached hydrogens (tertiary/aromatic N) is 2. The van der Waals surface area contributed by atoms with Crippen LogP contribution >= 0.6 is 0 Å². The van der Waals surface area contributed by atoms with Gasteiger partial charge in [0.25, 0.3) is 0 Å². The Bertz CT molecular complexity index is 526. The number of aryl methyl sites for hydroxylation is 1. The van der Waals surface area contributed by atoms with E-state index in [1.165, 1.54) is 11.1 Å². The molecule has 3 rings (SSSR count). The van der Waals surface area contributed by atoms with Gasteiger partial charge in [-0.2, -0.15) is 0 Å². The summed E-state index contributed by atoms with van der Waals surface area (Å²) in [5, 5.41) is 0. The molecule has 1 saturated heterocycles. The molecular weight excluding hydrogens is 276 g/mol. The zero-order valence-corrected chi connectivity index (χ0v) is 13.6. The Balaban J connectivity index is 1.73. The van der Waals surface area contributed by atoms with E-state index in [0.717, 1.165) is 45.6 Å². The highest BCUT2D eigenvalue weighted by Gasteiger charge is 2.34. The largest absolute Gasteiger partial charge is 0.379 e. The van der Waals surface area contributed by atoms with Crippen molar-refractivity contribution < 1.29 is 9.53 Å². The predicted octanol–water partition coefficient (Wildman–Crippen LogP) is 2.24. The van der Waals surface area contributed by atoms with Crippen molar-refractivity contribution in [1.29, 1.82) is 0 Å². The van der Waals surface area contributed by atoms with Gasteiger partial charge in [0.05, 0.1) is 25.3 Å². The number of rotatable bonds is 4. The molecule has 0 aromatic heterocycles. The van der Waals surface area contributed by atoms with E-state index in [1.807, 2.05) is 11.9 Å². The molecule has 0 N–H and O–H groups in total. The summed E-state index contributed by atoms with van der Waals surface area (Å²) >= 11 is 0. The molecule has 1 aliphatic carbocycles. The lowest BCUT2D eigenvalue weighted by atomic mass is 10.1. The van der Waals surface area contributed by atoms with Crippen LogP contribution in [0.1, 0.15) is 36.9 Å². The highest BCUT2D eigenvalue weighted by Crippen LogP contribution is 2.35. The number of benzene rings is 1. The van der Waals surface area contributed by atoms with Gasteiger partial charge < -0.3 is 9.64 Å². The van der Waals surface area contributed by atoms with Crippen molar-refractivity contribution in [2.45, 2.75) is 38.3 Å². The maximum absolute atomic E-state index is 13.0. The van der Waals surface area contributed by atoms with E-state index in [1.54, 1.807) is 0 Å². The number of morpholine rings is 1. The van der Waals surface area contributed by atoms with E-state index in [0.29, 0.717) is 0 Å². The Morgan fingerprint density at radius 2 is 2.09 bits per heavy atom. The van der Waals surface area contributed by atoms with Gasteiger partial charge >= 0.3 is 0 Å². The Hall–Kier alpha value is -1.39. The molecule has 1 aromatic carbocycles. The number of ether oxygens (including phenoxy) is 1. The van der Waals surface area contributed by atoms with Crippen LogP contribution in [0.15, 0.2) is 24.3 Å². The third kappa shape index (κ3) is 2.90. The van der Waals surface area contributed by atoms with Crippen LogP contribution in [0.4, 0.5) is 0 Å². The molecule has 4 nitrogen and oxygen atoms in total. The van der Waals surface area contributed by atoms with Gasteiger partial charge in [0.15, 0.2) is 0 Å². The Morgan fingerprint density at radius 3 is 2.82 bits per heavy atom. The van der Waals surface area contributed by atoms with E-state index in [9.17, 15) is 4.79 Å². The van der Waals surface area contributed by atoms with Crippen molar-refractivity contribution in [3.05, 3.63) is 35.4 Å². The Kier molecular flexibility index (Phi) is 4.79. The van der Waals surface area contributed by atoms with Crippen LogP contribution < -0.4 is 0 Å². The van der Waals surface area contributed by atoms with Crippen LogP contribution in [0.2, 0.25) is 0 Å². The minimum atomic E-state index is -0.0123. The molecular formula is C18H26N2O2. The monoisotopic (exact) mass is 302 g/mol. The molecule has 1 heterocycles. The summed E-state index contributed by atoms with van der Waals surface area (Å²) in [6, 6.07) is 8.75. The molecule has 1 aromatic rings. The van der Waals surface area contributed by atoms with E-state index in [2.05, 4.69) is 36.1 Å². The minimum Gasteiger partial charge on any atom is -0.379 e. The topological polar surface area (TPSA) is 32.8 Å². The predicted molar refractivity (Wildman–Crippen MR) is 86.7 cm³/mol. The molecule has 1 aliphatic heterocycles. The first-order chi connectivity index (χ1) is 10.7. The average Bonchev–Trinajstić information content (AvgIpc) is 3.00. The number of amides is 1. The van der Waals surface area contributed by atoms with Gasteiger partial charge in [-0.15, -0.1) is 0 Å². The summed E-state index contributed by atoms with van der Waals surface area (Å²) in [7, 11) is 1.97. The van der Waals surface area contributed by atoms with Crippen molar-refractivity contribution in [2.24, 2.45) is 0 Å². The fourth-order valence-corrected chi connectivity index (χ4v) is 3.80. The van der Waals surface area contributed by atoms with E-state index in [-0.39, 0.29) is 18.0 Å². The first-order valence-electron chi connectivity index (χ1n) is 8.38. The number of fused-ring (bicyclic) bond motifs is 1. The molecule has 0 saturated carbocycles. The van der Waals surface area contributed by atoms with Gasteiger partial charge in [0, 0.05) is 20.1 Å². The zero-order chi connectivity index (χ0) is 15.5. The number of carbonyl (C=O) groups is 1. The third-order valence-electron chi connectivity index (χ3n) is 5.07. The summed E-state index contributed by atoms with van der Waals surface area (Å²) in [4.78, 5) is 17.3. The van der Waals surface area contributed by atoms with Gasteiger partial charge in [-0.3, -0.25) is 9.69 Å². The lowest BCUT2D eigenvalue weighted by Gasteiger charge is -2.37. The van der Waals surface area contributed by atoms with Gasteiger partial charge in [-0.25, -0.2) is 0 Å². The maximum Gasteiger partial charge on any atom is 0.240 e. The SMILES string of the molecule is CCC(C(=O)N(C)C1CCc2ccccc21)N1CCOCC1. The van der Waals surface area contributed by atoms with Gasteiger partial charge in [0.1, 0.15) is 0 Å². The highest BCUT2D eigenvalue weighted by molar-refractivity contribution is 5.82. The van der Waals surface area contributed by atoms with Gasteiger partial charge in [0.2, 0.25) is 5.91 Å². The van der Waals surface area contributed by atoms with Crippen LogP contribution in [-0.2, 0) is 16.0 Å². The maximum atomic E-state index is 13.0. The number of carbonyl (C=O) groups excluding carboxylic acids is 1. The summed E-state index contributed by atoms with van der Waals surface area (Å²) in [5.74, 6) is 0.256. The second kappa shape index (κ2) is 6.80. The van der Waals surface area contributed by atoms with Crippen LogP contribution in [0, 0.1) is 0 Å². The van der Waals surface area contributed by atoms with Crippen LogP contribution in [-0.4, -0.2) is 55.1 Å². The average molecular weight is 302 g/mol. The van der Waals surface area contributed by atoms with Gasteiger partial charge in [-0.1, -0.05) is 31.2 Å². The minimum absolute atomic E-state index is 0.0123. The summed E-state index contributed by atoms with van der Waals surface area (Å²) in [6.07, 6.45) is 2.98. The normalized spacial score (nSPS) is 23.1. The quantitative estimate of drug-likeness (QED) is 0.855. The second-order valence-corrected chi connectivity index (χ2v) is 6.27. The van der Waals surface area contributed by atoms with E-state index in [4.69, 9.17) is 4.74 Å². The van der Waals surface area contributed by atoms with Crippen LogP contribution in [0.25, 0.3) is 0 Å². The molecule has 22 heavy (non-hydrogen) atoms. The number of likely N-dealkylation sites (N-methyl/N-ethyl adjacent to an activating group) is 1. The van der Waals surface area contributed by atoms with Crippen LogP contribution in [0.5, 0.6) is 0 Å². The Morgan fingerprint density at radius 1 is 1.36 bits per heavy atom. The molecule has 2 aliphatic rings. The van der Waals surface area contributed by atoms with Crippen molar-refractivity contribution in [3.8, 4) is 0 Å². The number of hydrogen-bond acceptors (Lipinski definition) is 3.